The molecule has 0 fully saturated rings. The summed E-state index contributed by atoms with van der Waals surface area (Å²) in [6, 6.07) is 15.1. The average Bonchev–Trinajstić information content (AvgIpc) is 2.91. The van der Waals surface area contributed by atoms with Gasteiger partial charge in [0.2, 0.25) is 5.91 Å². The molecule has 0 aliphatic rings. The number of carbonyl (C=O) groups excluding carboxylic acids is 1. The van der Waals surface area contributed by atoms with Crippen molar-refractivity contribution in [1.29, 1.82) is 0 Å². The molecule has 0 aliphatic carbocycles. The molecule has 1 heterocycles. The molecule has 1 amide bonds. The number of anilines is 1. The van der Waals surface area contributed by atoms with E-state index >= 15 is 0 Å². The van der Waals surface area contributed by atoms with Gasteiger partial charge in [-0.2, -0.15) is 0 Å². The Balaban J connectivity index is 1.56. The van der Waals surface area contributed by atoms with Crippen LogP contribution in [-0.4, -0.2) is 10.5 Å². The van der Waals surface area contributed by atoms with Gasteiger partial charge in [0.05, 0.1) is 5.52 Å². The molecule has 0 bridgehead atoms. The van der Waals surface area contributed by atoms with Crippen LogP contribution in [0.4, 0.5) is 5.69 Å². The van der Waals surface area contributed by atoms with Crippen LogP contribution in [0.1, 0.15) is 25.3 Å². The lowest BCUT2D eigenvalue weighted by Crippen LogP contribution is -2.17. The highest BCUT2D eigenvalue weighted by Gasteiger charge is 2.09. The van der Waals surface area contributed by atoms with Gasteiger partial charge in [0.15, 0.2) is 5.58 Å². The van der Waals surface area contributed by atoms with Gasteiger partial charge in [-0.05, 0) is 42.7 Å². The predicted molar refractivity (Wildman–Crippen MR) is 94.2 cm³/mol. The molecule has 0 atom stereocenters. The quantitative estimate of drug-likeness (QED) is 0.754. The van der Waals surface area contributed by atoms with Crippen LogP contribution >= 0.6 is 0 Å². The smallest absolute Gasteiger partial charge is 0.408 e. The number of para-hydroxylation sites is 2. The number of rotatable bonds is 6. The molecular weight excluding hydrogens is 304 g/mol. The number of benzene rings is 2. The molecule has 0 spiro atoms. The lowest BCUT2D eigenvalue weighted by Gasteiger charge is -2.06. The van der Waals surface area contributed by atoms with Crippen LogP contribution in [0.5, 0.6) is 0 Å². The number of nitrogens with one attached hydrogen (secondary N) is 1. The molecule has 1 N–H and O–H groups in total. The average molecular weight is 324 g/mol. The van der Waals surface area contributed by atoms with E-state index in [2.05, 4.69) is 12.2 Å². The van der Waals surface area contributed by atoms with Crippen LogP contribution in [0.2, 0.25) is 0 Å². The van der Waals surface area contributed by atoms with Crippen molar-refractivity contribution >= 4 is 22.7 Å². The van der Waals surface area contributed by atoms with Crippen molar-refractivity contribution in [2.24, 2.45) is 0 Å². The number of amides is 1. The monoisotopic (exact) mass is 324 g/mol. The molecular formula is C19H20N2O3. The van der Waals surface area contributed by atoms with Crippen LogP contribution in [0.25, 0.3) is 11.1 Å². The van der Waals surface area contributed by atoms with Crippen LogP contribution in [0, 0.1) is 0 Å². The van der Waals surface area contributed by atoms with Gasteiger partial charge in [-0.15, -0.1) is 0 Å². The first-order chi connectivity index (χ1) is 11.7. The highest BCUT2D eigenvalue weighted by molar-refractivity contribution is 5.90. The fraction of sp³-hybridized carbons (Fsp3) is 0.263. The molecule has 124 valence electrons. The highest BCUT2D eigenvalue weighted by atomic mass is 16.4. The summed E-state index contributed by atoms with van der Waals surface area (Å²) >= 11 is 0. The summed E-state index contributed by atoms with van der Waals surface area (Å²) in [4.78, 5) is 23.9. The minimum Gasteiger partial charge on any atom is -0.408 e. The summed E-state index contributed by atoms with van der Waals surface area (Å²) in [5.41, 5.74) is 3.36. The SMILES string of the molecule is CCc1ccc(NC(=O)CCCn2c(=O)oc3ccccc32)cc1. The van der Waals surface area contributed by atoms with Crippen molar-refractivity contribution in [3.8, 4) is 0 Å². The molecule has 5 nitrogen and oxygen atoms in total. The van der Waals surface area contributed by atoms with E-state index in [9.17, 15) is 9.59 Å². The number of nitrogens with zero attached hydrogens (tertiary/aromatic N) is 1. The molecule has 24 heavy (non-hydrogen) atoms. The molecule has 0 saturated heterocycles. The molecule has 2 aromatic carbocycles. The molecule has 3 aromatic rings. The van der Waals surface area contributed by atoms with E-state index in [1.807, 2.05) is 42.5 Å². The first-order valence-electron chi connectivity index (χ1n) is 8.14. The van der Waals surface area contributed by atoms with Gasteiger partial charge < -0.3 is 9.73 Å². The van der Waals surface area contributed by atoms with Crippen LogP contribution < -0.4 is 11.1 Å². The van der Waals surface area contributed by atoms with Gasteiger partial charge in [0.1, 0.15) is 0 Å². The van der Waals surface area contributed by atoms with E-state index in [1.165, 1.54) is 5.56 Å². The van der Waals surface area contributed by atoms with Gasteiger partial charge in [-0.25, -0.2) is 4.79 Å². The Bertz CT molecular complexity index is 891. The molecule has 0 saturated carbocycles. The van der Waals surface area contributed by atoms with E-state index in [0.717, 1.165) is 17.6 Å². The summed E-state index contributed by atoms with van der Waals surface area (Å²) < 4.78 is 6.75. The lowest BCUT2D eigenvalue weighted by atomic mass is 10.1. The standard InChI is InChI=1S/C19H20N2O3/c1-2-14-9-11-15(12-10-14)20-18(22)8-5-13-21-16-6-3-4-7-17(16)24-19(21)23/h3-4,6-7,9-12H,2,5,8,13H2,1H3,(H,20,22). The van der Waals surface area contributed by atoms with E-state index < -0.39 is 0 Å². The third-order valence-corrected chi connectivity index (χ3v) is 4.01. The molecule has 5 heteroatoms. The van der Waals surface area contributed by atoms with Crippen molar-refractivity contribution in [1.82, 2.24) is 4.57 Å². The fourth-order valence-corrected chi connectivity index (χ4v) is 2.67. The second kappa shape index (κ2) is 7.17. The second-order valence-electron chi connectivity index (χ2n) is 5.69. The normalized spacial score (nSPS) is 10.9. The second-order valence-corrected chi connectivity index (χ2v) is 5.69. The lowest BCUT2D eigenvalue weighted by molar-refractivity contribution is -0.116. The van der Waals surface area contributed by atoms with Crippen molar-refractivity contribution in [3.05, 3.63) is 64.6 Å². The Hall–Kier alpha value is -2.82. The summed E-state index contributed by atoms with van der Waals surface area (Å²) in [5.74, 6) is -0.438. The highest BCUT2D eigenvalue weighted by Crippen LogP contribution is 2.13. The first kappa shape index (κ1) is 16.1. The Morgan fingerprint density at radius 3 is 2.62 bits per heavy atom. The molecule has 0 radical (unpaired) electrons. The maximum absolute atomic E-state index is 12.0. The van der Waals surface area contributed by atoms with E-state index in [4.69, 9.17) is 4.42 Å². The Kier molecular flexibility index (Phi) is 4.79. The number of aromatic nitrogens is 1. The summed E-state index contributed by atoms with van der Waals surface area (Å²) in [5, 5.41) is 2.88. The van der Waals surface area contributed by atoms with E-state index in [-0.39, 0.29) is 11.7 Å². The Morgan fingerprint density at radius 2 is 1.88 bits per heavy atom. The zero-order chi connectivity index (χ0) is 16.9. The summed E-state index contributed by atoms with van der Waals surface area (Å²) in [6.07, 6.45) is 1.89. The topological polar surface area (TPSA) is 64.2 Å². The molecule has 1 aromatic heterocycles. The van der Waals surface area contributed by atoms with Crippen molar-refractivity contribution < 1.29 is 9.21 Å². The van der Waals surface area contributed by atoms with Crippen LogP contribution in [0.3, 0.4) is 0 Å². The van der Waals surface area contributed by atoms with Crippen LogP contribution in [-0.2, 0) is 17.8 Å². The minimum atomic E-state index is -0.383. The number of hydrogen-bond acceptors (Lipinski definition) is 3. The van der Waals surface area contributed by atoms with Crippen molar-refractivity contribution in [3.63, 3.8) is 0 Å². The largest absolute Gasteiger partial charge is 0.419 e. The first-order valence-corrected chi connectivity index (χ1v) is 8.14. The Morgan fingerprint density at radius 1 is 1.12 bits per heavy atom. The third kappa shape index (κ3) is 3.56. The minimum absolute atomic E-state index is 0.0555. The number of aryl methyl sites for hydroxylation is 2. The maximum Gasteiger partial charge on any atom is 0.419 e. The van der Waals surface area contributed by atoms with Gasteiger partial charge in [-0.3, -0.25) is 9.36 Å². The van der Waals surface area contributed by atoms with E-state index in [0.29, 0.717) is 25.0 Å². The van der Waals surface area contributed by atoms with Gasteiger partial charge in [-0.1, -0.05) is 31.2 Å². The Labute approximate surface area is 139 Å². The van der Waals surface area contributed by atoms with Gasteiger partial charge in [0.25, 0.3) is 0 Å². The predicted octanol–water partition coefficient (Wildman–Crippen LogP) is 3.58. The fourth-order valence-electron chi connectivity index (χ4n) is 2.67. The molecule has 0 unspecified atom stereocenters. The van der Waals surface area contributed by atoms with Gasteiger partial charge in [0, 0.05) is 18.7 Å². The van der Waals surface area contributed by atoms with Crippen LogP contribution in [0.15, 0.2) is 57.7 Å². The number of carbonyl (C=O) groups is 1. The maximum atomic E-state index is 12.0. The summed E-state index contributed by atoms with van der Waals surface area (Å²) in [7, 11) is 0. The van der Waals surface area contributed by atoms with Gasteiger partial charge >= 0.3 is 5.76 Å². The van der Waals surface area contributed by atoms with Crippen molar-refractivity contribution in [2.45, 2.75) is 32.7 Å². The molecule has 3 rings (SSSR count). The zero-order valence-electron chi connectivity index (χ0n) is 13.6. The number of fused-ring (bicyclic) bond motifs is 1. The molecule has 0 aliphatic heterocycles. The van der Waals surface area contributed by atoms with E-state index in [1.54, 1.807) is 10.6 Å². The third-order valence-electron chi connectivity index (χ3n) is 4.01. The zero-order valence-corrected chi connectivity index (χ0v) is 13.6. The number of oxazole rings is 1. The van der Waals surface area contributed by atoms with Crippen molar-refractivity contribution in [2.75, 3.05) is 5.32 Å². The number of hydrogen-bond donors (Lipinski definition) is 1. The summed E-state index contributed by atoms with van der Waals surface area (Å²) in [6.45, 7) is 2.55.